The molecule has 0 aliphatic rings. The molecule has 0 aliphatic heterocycles. The normalized spacial score (nSPS) is 11.1. The lowest BCUT2D eigenvalue weighted by molar-refractivity contribution is -0.579. The molecule has 0 atom stereocenters. The van der Waals surface area contributed by atoms with Crippen molar-refractivity contribution >= 4 is 46.3 Å². The lowest BCUT2D eigenvalue weighted by Crippen LogP contribution is -2.29. The van der Waals surface area contributed by atoms with Gasteiger partial charge in [0.25, 0.3) is 0 Å². The third kappa shape index (κ3) is 8.01. The molecule has 0 fully saturated rings. The van der Waals surface area contributed by atoms with E-state index in [2.05, 4.69) is 4.98 Å². The van der Waals surface area contributed by atoms with Crippen LogP contribution in [0.25, 0.3) is 11.5 Å². The van der Waals surface area contributed by atoms with Gasteiger partial charge in [-0.15, -0.1) is 0 Å². The molecule has 8 nitrogen and oxygen atoms in total. The maximum Gasteiger partial charge on any atom is 0.246 e. The van der Waals surface area contributed by atoms with Gasteiger partial charge in [0.15, 0.2) is 5.76 Å². The first-order valence-electron chi connectivity index (χ1n) is 8.81. The van der Waals surface area contributed by atoms with Crippen molar-refractivity contribution in [1.29, 1.82) is 0 Å². The molecule has 0 spiro atoms. The first kappa shape index (κ1) is 24.3. The molecule has 2 aromatic carbocycles. The van der Waals surface area contributed by atoms with E-state index in [1.807, 2.05) is 48.4 Å². The van der Waals surface area contributed by atoms with Gasteiger partial charge in [-0.2, -0.15) is 0 Å². The van der Waals surface area contributed by atoms with Crippen LogP contribution in [-0.2, 0) is 4.74 Å². The molecule has 1 aromatic heterocycles. The van der Waals surface area contributed by atoms with Crippen molar-refractivity contribution in [2.24, 2.45) is 0 Å². The number of ether oxygens (including phenoxy) is 2. The summed E-state index contributed by atoms with van der Waals surface area (Å²) in [5.74, 6) is 1.38. The van der Waals surface area contributed by atoms with E-state index < -0.39 is 5.09 Å². The minimum Gasteiger partial charge on any atom is -0.490 e. The average molecular weight is 487 g/mol. The Labute approximate surface area is 193 Å². The van der Waals surface area contributed by atoms with Gasteiger partial charge in [-0.05, 0) is 42.5 Å². The zero-order valence-electron chi connectivity index (χ0n) is 16.3. The van der Waals surface area contributed by atoms with Gasteiger partial charge in [0, 0.05) is 22.5 Å². The number of aromatic amines is 1. The topological polar surface area (TPSA) is 104 Å². The van der Waals surface area contributed by atoms with Gasteiger partial charge in [-0.25, -0.2) is 9.55 Å². The predicted octanol–water partition coefficient (Wildman–Crippen LogP) is 5.46. The van der Waals surface area contributed by atoms with Crippen LogP contribution in [0.4, 0.5) is 0 Å². The van der Waals surface area contributed by atoms with E-state index in [1.54, 1.807) is 24.3 Å². The minimum absolute atomic E-state index is 0.346. The van der Waals surface area contributed by atoms with Gasteiger partial charge in [-0.3, -0.25) is 0 Å². The summed E-state index contributed by atoms with van der Waals surface area (Å²) in [4.78, 5) is 11.3. The van der Waals surface area contributed by atoms with E-state index in [4.69, 9.17) is 59.6 Å². The number of rotatable bonds is 7. The Hall–Kier alpha value is -2.94. The quantitative estimate of drug-likeness (QED) is 0.157. The van der Waals surface area contributed by atoms with Crippen LogP contribution in [0, 0.1) is 15.3 Å². The summed E-state index contributed by atoms with van der Waals surface area (Å²) in [5.41, 5.74) is 1.64. The smallest absolute Gasteiger partial charge is 0.246 e. The van der Waals surface area contributed by atoms with E-state index in [9.17, 15) is 0 Å². The van der Waals surface area contributed by atoms with E-state index in [0.29, 0.717) is 34.0 Å². The monoisotopic (exact) mass is 485 g/mol. The fourth-order valence-corrected chi connectivity index (χ4v) is 3.12. The molecule has 0 radical (unpaired) electrons. The Bertz CT molecular complexity index is 1020. The van der Waals surface area contributed by atoms with Crippen LogP contribution in [0.2, 0.25) is 15.1 Å². The van der Waals surface area contributed by atoms with Gasteiger partial charge >= 0.3 is 0 Å². The number of nitrogens with zero attached hydrogens (tertiary/aromatic N) is 2. The SMILES string of the molecule is C/C(=C(/OCCOc1ccc(Cl)cc1)c1ccc(Cl)cc1Cl)[n+]1cc[nH]c1.O=[N+]([O-])[O-]. The van der Waals surface area contributed by atoms with Crippen LogP contribution in [0.3, 0.4) is 0 Å². The fraction of sp³-hybridized carbons (Fsp3) is 0.150. The van der Waals surface area contributed by atoms with E-state index in [-0.39, 0.29) is 0 Å². The van der Waals surface area contributed by atoms with Gasteiger partial charge in [0.1, 0.15) is 37.1 Å². The third-order valence-corrected chi connectivity index (χ3v) is 4.65. The molecule has 164 valence electrons. The van der Waals surface area contributed by atoms with Gasteiger partial charge in [0.2, 0.25) is 6.33 Å². The van der Waals surface area contributed by atoms with Crippen LogP contribution in [0.5, 0.6) is 5.75 Å². The number of aromatic nitrogens is 2. The highest BCUT2D eigenvalue weighted by molar-refractivity contribution is 6.35. The second kappa shape index (κ2) is 12.0. The molecule has 0 unspecified atom stereocenters. The first-order chi connectivity index (χ1) is 14.8. The summed E-state index contributed by atoms with van der Waals surface area (Å²) in [6.07, 6.45) is 5.55. The van der Waals surface area contributed by atoms with Gasteiger partial charge in [-0.1, -0.05) is 34.8 Å². The van der Waals surface area contributed by atoms with Gasteiger partial charge < -0.3 is 24.8 Å². The highest BCUT2D eigenvalue weighted by Gasteiger charge is 2.16. The highest BCUT2D eigenvalue weighted by Crippen LogP contribution is 2.30. The molecule has 0 aliphatic carbocycles. The lowest BCUT2D eigenvalue weighted by Gasteiger charge is -2.14. The summed E-state index contributed by atoms with van der Waals surface area (Å²) < 4.78 is 13.7. The Balaban J connectivity index is 0.000000785. The molecule has 3 aromatic rings. The number of benzene rings is 2. The van der Waals surface area contributed by atoms with E-state index in [1.165, 1.54) is 0 Å². The van der Waals surface area contributed by atoms with Crippen molar-refractivity contribution in [3.63, 3.8) is 0 Å². The zero-order valence-corrected chi connectivity index (χ0v) is 18.5. The minimum atomic E-state index is -1.75. The molecule has 3 rings (SSSR count). The van der Waals surface area contributed by atoms with Crippen molar-refractivity contribution in [2.75, 3.05) is 13.2 Å². The van der Waals surface area contributed by atoms with Crippen LogP contribution >= 0.6 is 34.8 Å². The standard InChI is InChI=1S/C20H17Cl3N2O2.NO3/c1-14(25-9-8-24-13-25)20(18-7-4-16(22)12-19(18)23)27-11-10-26-17-5-2-15(21)3-6-17;2-1(3)4/h2-9,12-13H,10-11H2,1H3;/q;-1/p+1/b20-14-;. The second-order valence-corrected chi connectivity index (χ2v) is 7.21. The number of nitrogens with one attached hydrogen (secondary N) is 1. The molecule has 0 amide bonds. The van der Waals surface area contributed by atoms with Gasteiger partial charge in [0.05, 0.1) is 10.1 Å². The number of allylic oxidation sites excluding steroid dienone is 1. The first-order valence-corrected chi connectivity index (χ1v) is 9.94. The molecular weight excluding hydrogens is 469 g/mol. The Kier molecular flexibility index (Phi) is 9.45. The maximum atomic E-state index is 8.25. The van der Waals surface area contributed by atoms with Crippen molar-refractivity contribution < 1.29 is 19.1 Å². The summed E-state index contributed by atoms with van der Waals surface area (Å²) in [7, 11) is 0. The Morgan fingerprint density at radius 3 is 2.29 bits per heavy atom. The van der Waals surface area contributed by atoms with Crippen LogP contribution in [-0.4, -0.2) is 23.3 Å². The molecular formula is C20H18Cl3N3O5. The molecule has 11 heteroatoms. The second-order valence-electron chi connectivity index (χ2n) is 5.93. The van der Waals surface area contributed by atoms with Crippen molar-refractivity contribution in [1.82, 2.24) is 4.98 Å². The van der Waals surface area contributed by atoms with Crippen LogP contribution in [0.1, 0.15) is 12.5 Å². The molecule has 0 saturated heterocycles. The largest absolute Gasteiger partial charge is 0.490 e. The Morgan fingerprint density at radius 2 is 1.71 bits per heavy atom. The molecule has 0 bridgehead atoms. The number of halogens is 3. The average Bonchev–Trinajstić information content (AvgIpc) is 3.24. The van der Waals surface area contributed by atoms with Crippen LogP contribution in [0.15, 0.2) is 61.2 Å². The zero-order chi connectivity index (χ0) is 22.8. The summed E-state index contributed by atoms with van der Waals surface area (Å²) in [6, 6.07) is 12.5. The fourth-order valence-electron chi connectivity index (χ4n) is 2.50. The number of H-pyrrole nitrogens is 1. The highest BCUT2D eigenvalue weighted by atomic mass is 35.5. The molecule has 1 N–H and O–H groups in total. The van der Waals surface area contributed by atoms with Crippen molar-refractivity contribution in [3.05, 3.63) is 97.1 Å². The molecule has 31 heavy (non-hydrogen) atoms. The summed E-state index contributed by atoms with van der Waals surface area (Å²) in [5, 5.41) is 16.5. The van der Waals surface area contributed by atoms with Crippen molar-refractivity contribution in [3.8, 4) is 5.75 Å². The number of imidazole rings is 1. The number of hydrogen-bond donors (Lipinski definition) is 1. The maximum absolute atomic E-state index is 8.25. The van der Waals surface area contributed by atoms with Crippen LogP contribution < -0.4 is 9.30 Å². The third-order valence-electron chi connectivity index (χ3n) is 3.85. The van der Waals surface area contributed by atoms with E-state index >= 15 is 0 Å². The molecule has 1 heterocycles. The predicted molar refractivity (Wildman–Crippen MR) is 119 cm³/mol. The summed E-state index contributed by atoms with van der Waals surface area (Å²) >= 11 is 18.3. The molecule has 0 saturated carbocycles. The van der Waals surface area contributed by atoms with Crippen molar-refractivity contribution in [2.45, 2.75) is 6.92 Å². The van der Waals surface area contributed by atoms with E-state index in [0.717, 1.165) is 17.0 Å². The number of hydrogen-bond acceptors (Lipinski definition) is 5. The Morgan fingerprint density at radius 1 is 1.06 bits per heavy atom. The lowest BCUT2D eigenvalue weighted by atomic mass is 10.1. The summed E-state index contributed by atoms with van der Waals surface area (Å²) in [6.45, 7) is 2.68.